The molecule has 0 spiro atoms. The minimum atomic E-state index is -0.787. The summed E-state index contributed by atoms with van der Waals surface area (Å²) in [7, 11) is 0. The highest BCUT2D eigenvalue weighted by atomic mass is 19.2. The van der Waals surface area contributed by atoms with Gasteiger partial charge in [-0.3, -0.25) is 0 Å². The molecule has 3 aromatic carbocycles. The van der Waals surface area contributed by atoms with E-state index in [0.717, 1.165) is 64.2 Å². The Kier molecular flexibility index (Phi) is 10.0. The van der Waals surface area contributed by atoms with E-state index < -0.39 is 23.3 Å². The lowest BCUT2D eigenvalue weighted by atomic mass is 9.76. The summed E-state index contributed by atoms with van der Waals surface area (Å²) in [6.45, 7) is 4.21. The quantitative estimate of drug-likeness (QED) is 0.173. The summed E-state index contributed by atoms with van der Waals surface area (Å²) < 4.78 is 59.4. The summed E-state index contributed by atoms with van der Waals surface area (Å²) in [5, 5.41) is 0. The lowest BCUT2D eigenvalue weighted by Gasteiger charge is -2.29. The van der Waals surface area contributed by atoms with Gasteiger partial charge in [-0.1, -0.05) is 81.6 Å². The van der Waals surface area contributed by atoms with Gasteiger partial charge >= 0.3 is 0 Å². The van der Waals surface area contributed by atoms with Gasteiger partial charge in [-0.15, -0.1) is 0 Å². The lowest BCUT2D eigenvalue weighted by molar-refractivity contribution is 0.303. The second-order valence-corrected chi connectivity index (χ2v) is 11.0. The van der Waals surface area contributed by atoms with Crippen LogP contribution in [0.4, 0.5) is 17.6 Å². The monoisotopic (exact) mass is 524 g/mol. The van der Waals surface area contributed by atoms with Crippen LogP contribution in [-0.2, 0) is 19.3 Å². The van der Waals surface area contributed by atoms with E-state index in [0.29, 0.717) is 46.6 Å². The maximum atomic E-state index is 14.9. The zero-order valence-corrected chi connectivity index (χ0v) is 22.8. The number of aryl methyl sites for hydroxylation is 3. The highest BCUT2D eigenvalue weighted by molar-refractivity contribution is 5.65. The molecular weight excluding hydrogens is 484 g/mol. The molecule has 1 aliphatic carbocycles. The van der Waals surface area contributed by atoms with Gasteiger partial charge in [0.1, 0.15) is 0 Å². The molecule has 38 heavy (non-hydrogen) atoms. The Labute approximate surface area is 225 Å². The second kappa shape index (κ2) is 13.4. The predicted molar refractivity (Wildman–Crippen MR) is 148 cm³/mol. The van der Waals surface area contributed by atoms with E-state index in [4.69, 9.17) is 0 Å². The number of rotatable bonds is 11. The molecule has 1 saturated carbocycles. The molecule has 0 saturated heterocycles. The fraction of sp³-hybridized carbons (Fsp3) is 0.471. The first-order chi connectivity index (χ1) is 18.4. The zero-order valence-electron chi connectivity index (χ0n) is 22.8. The van der Waals surface area contributed by atoms with Crippen molar-refractivity contribution in [3.05, 3.63) is 94.1 Å². The van der Waals surface area contributed by atoms with Crippen molar-refractivity contribution in [2.24, 2.45) is 5.92 Å². The van der Waals surface area contributed by atoms with E-state index in [2.05, 4.69) is 13.8 Å². The van der Waals surface area contributed by atoms with Gasteiger partial charge in [-0.2, -0.15) is 0 Å². The first kappa shape index (κ1) is 28.4. The Balaban J connectivity index is 1.33. The van der Waals surface area contributed by atoms with Crippen molar-refractivity contribution in [1.82, 2.24) is 0 Å². The SMILES string of the molecule is CCCCCc1ccc(C2CCC(CCc3ccc(-c4ccc(CCC)cc4)c(F)c3F)CC2)c(F)c1F. The molecule has 204 valence electrons. The molecule has 1 aliphatic rings. The lowest BCUT2D eigenvalue weighted by Crippen LogP contribution is -2.16. The van der Waals surface area contributed by atoms with Crippen molar-refractivity contribution in [2.75, 3.05) is 0 Å². The van der Waals surface area contributed by atoms with Crippen LogP contribution in [0.2, 0.25) is 0 Å². The van der Waals surface area contributed by atoms with Crippen LogP contribution in [-0.4, -0.2) is 0 Å². The van der Waals surface area contributed by atoms with Crippen molar-refractivity contribution in [1.29, 1.82) is 0 Å². The summed E-state index contributed by atoms with van der Waals surface area (Å²) in [5.41, 5.74) is 3.54. The van der Waals surface area contributed by atoms with Gasteiger partial charge in [0.05, 0.1) is 0 Å². The van der Waals surface area contributed by atoms with Gasteiger partial charge in [-0.25, -0.2) is 17.6 Å². The smallest absolute Gasteiger partial charge is 0.166 e. The van der Waals surface area contributed by atoms with Crippen LogP contribution in [0, 0.1) is 29.2 Å². The van der Waals surface area contributed by atoms with Crippen LogP contribution in [0.5, 0.6) is 0 Å². The number of unbranched alkanes of at least 4 members (excludes halogenated alkanes) is 2. The number of hydrogen-bond donors (Lipinski definition) is 0. The summed E-state index contributed by atoms with van der Waals surface area (Å²) in [6, 6.07) is 14.6. The van der Waals surface area contributed by atoms with Gasteiger partial charge in [-0.05, 0) is 97.4 Å². The first-order valence-electron chi connectivity index (χ1n) is 14.5. The van der Waals surface area contributed by atoms with Crippen LogP contribution < -0.4 is 0 Å². The molecule has 0 atom stereocenters. The van der Waals surface area contributed by atoms with Gasteiger partial charge in [0, 0.05) is 5.56 Å². The summed E-state index contributed by atoms with van der Waals surface area (Å²) >= 11 is 0. The Morgan fingerprint density at radius 1 is 0.605 bits per heavy atom. The van der Waals surface area contributed by atoms with Crippen LogP contribution in [0.1, 0.15) is 99.8 Å². The Hall–Kier alpha value is -2.62. The van der Waals surface area contributed by atoms with E-state index in [1.165, 1.54) is 5.56 Å². The fourth-order valence-corrected chi connectivity index (χ4v) is 5.95. The number of benzene rings is 3. The summed E-state index contributed by atoms with van der Waals surface area (Å²) in [6.07, 6.45) is 10.1. The molecule has 0 N–H and O–H groups in total. The van der Waals surface area contributed by atoms with E-state index in [9.17, 15) is 17.6 Å². The average Bonchev–Trinajstić information content (AvgIpc) is 2.93. The highest BCUT2D eigenvalue weighted by Crippen LogP contribution is 2.39. The molecule has 0 bridgehead atoms. The van der Waals surface area contributed by atoms with E-state index in [-0.39, 0.29) is 5.92 Å². The second-order valence-electron chi connectivity index (χ2n) is 11.0. The molecule has 4 heteroatoms. The maximum Gasteiger partial charge on any atom is 0.166 e. The third-order valence-corrected chi connectivity index (χ3v) is 8.32. The Morgan fingerprint density at radius 3 is 1.95 bits per heavy atom. The van der Waals surface area contributed by atoms with Gasteiger partial charge in [0.15, 0.2) is 23.3 Å². The molecule has 0 unspecified atom stereocenters. The van der Waals surface area contributed by atoms with Crippen LogP contribution in [0.25, 0.3) is 11.1 Å². The molecule has 4 rings (SSSR count). The van der Waals surface area contributed by atoms with E-state index in [1.54, 1.807) is 24.3 Å². The van der Waals surface area contributed by atoms with Gasteiger partial charge < -0.3 is 0 Å². The van der Waals surface area contributed by atoms with Crippen molar-refractivity contribution >= 4 is 0 Å². The maximum absolute atomic E-state index is 14.9. The van der Waals surface area contributed by atoms with Crippen LogP contribution in [0.15, 0.2) is 48.5 Å². The van der Waals surface area contributed by atoms with Crippen LogP contribution in [0.3, 0.4) is 0 Å². The standard InChI is InChI=1S/C34H40F4/c1-3-5-6-8-27-19-21-29(33(37)31(27)35)26-16-11-24(12-17-26)13-18-28-20-22-30(34(38)32(28)36)25-14-9-23(7-4-2)10-15-25/h9-10,14-15,19-22,24,26H,3-8,11-13,16-18H2,1-2H3. The Bertz CT molecular complexity index is 1190. The topological polar surface area (TPSA) is 0 Å². The summed E-state index contributed by atoms with van der Waals surface area (Å²) in [4.78, 5) is 0. The molecule has 0 aromatic heterocycles. The van der Waals surface area contributed by atoms with Gasteiger partial charge in [0.2, 0.25) is 0 Å². The summed E-state index contributed by atoms with van der Waals surface area (Å²) in [5.74, 6) is -2.52. The Morgan fingerprint density at radius 2 is 1.26 bits per heavy atom. The molecule has 0 radical (unpaired) electrons. The highest BCUT2D eigenvalue weighted by Gasteiger charge is 2.26. The molecular formula is C34H40F4. The van der Waals surface area contributed by atoms with Crippen molar-refractivity contribution in [3.8, 4) is 11.1 Å². The molecule has 1 fully saturated rings. The number of halogens is 4. The number of hydrogen-bond acceptors (Lipinski definition) is 0. The molecule has 0 nitrogen and oxygen atoms in total. The largest absolute Gasteiger partial charge is 0.203 e. The molecule has 0 amide bonds. The average molecular weight is 525 g/mol. The first-order valence-corrected chi connectivity index (χ1v) is 14.5. The van der Waals surface area contributed by atoms with Crippen molar-refractivity contribution in [2.45, 2.75) is 96.8 Å². The third-order valence-electron chi connectivity index (χ3n) is 8.32. The minimum absolute atomic E-state index is 0.0163. The predicted octanol–water partition coefficient (Wildman–Crippen LogP) is 10.5. The third kappa shape index (κ3) is 6.68. The normalized spacial score (nSPS) is 17.6. The van der Waals surface area contributed by atoms with E-state index >= 15 is 0 Å². The molecule has 0 heterocycles. The van der Waals surface area contributed by atoms with E-state index in [1.807, 2.05) is 24.3 Å². The van der Waals surface area contributed by atoms with Crippen LogP contribution >= 0.6 is 0 Å². The molecule has 0 aliphatic heterocycles. The van der Waals surface area contributed by atoms with Gasteiger partial charge in [0.25, 0.3) is 0 Å². The van der Waals surface area contributed by atoms with Crippen molar-refractivity contribution < 1.29 is 17.6 Å². The van der Waals surface area contributed by atoms with Crippen molar-refractivity contribution in [3.63, 3.8) is 0 Å². The zero-order chi connectivity index (χ0) is 27.1. The minimum Gasteiger partial charge on any atom is -0.203 e. The fourth-order valence-electron chi connectivity index (χ4n) is 5.95. The molecule has 3 aromatic rings.